The summed E-state index contributed by atoms with van der Waals surface area (Å²) < 4.78 is 71.7. The third-order valence-corrected chi connectivity index (χ3v) is 4.65. The minimum Gasteiger partial charge on any atom is -0.456 e. The van der Waals surface area contributed by atoms with Gasteiger partial charge in [0.05, 0.1) is 21.8 Å². The number of aryl methyl sites for hydroxylation is 1. The summed E-state index contributed by atoms with van der Waals surface area (Å²) in [5, 5.41) is 3.66. The average Bonchev–Trinajstić information content (AvgIpc) is 2.70. The molecule has 2 N–H and O–H groups in total. The van der Waals surface area contributed by atoms with E-state index in [0.717, 1.165) is 30.3 Å². The van der Waals surface area contributed by atoms with Crippen molar-refractivity contribution in [2.45, 2.75) is 13.1 Å². The van der Waals surface area contributed by atoms with E-state index in [1.54, 1.807) is 0 Å². The van der Waals surface area contributed by atoms with Crippen molar-refractivity contribution in [1.82, 2.24) is 5.32 Å². The lowest BCUT2D eigenvalue weighted by atomic mass is 10.1. The molecule has 3 amide bonds. The van der Waals surface area contributed by atoms with Crippen LogP contribution >= 0.6 is 11.6 Å². The first-order valence-electron chi connectivity index (χ1n) is 9.17. The molecule has 5 nitrogen and oxygen atoms in total. The highest BCUT2D eigenvalue weighted by Crippen LogP contribution is 2.36. The number of rotatable bonds is 4. The predicted molar refractivity (Wildman–Crippen MR) is 111 cm³/mol. The van der Waals surface area contributed by atoms with E-state index in [9.17, 15) is 31.5 Å². The molecule has 0 heterocycles. The largest absolute Gasteiger partial charge is 0.456 e. The van der Waals surface area contributed by atoms with E-state index in [2.05, 4.69) is 5.32 Å². The summed E-state index contributed by atoms with van der Waals surface area (Å²) in [5.41, 5.74) is -1.34. The van der Waals surface area contributed by atoms with Crippen molar-refractivity contribution in [2.24, 2.45) is 0 Å². The van der Waals surface area contributed by atoms with Crippen LogP contribution in [0.4, 0.5) is 32.4 Å². The van der Waals surface area contributed by atoms with Gasteiger partial charge in [-0.25, -0.2) is 13.6 Å². The van der Waals surface area contributed by atoms with Crippen LogP contribution in [0, 0.1) is 18.6 Å². The Morgan fingerprint density at radius 2 is 1.70 bits per heavy atom. The van der Waals surface area contributed by atoms with Crippen molar-refractivity contribution in [1.29, 1.82) is 0 Å². The van der Waals surface area contributed by atoms with Gasteiger partial charge in [-0.1, -0.05) is 23.7 Å². The van der Waals surface area contributed by atoms with Crippen LogP contribution in [-0.4, -0.2) is 11.9 Å². The van der Waals surface area contributed by atoms with Gasteiger partial charge in [-0.2, -0.15) is 13.2 Å². The fourth-order valence-electron chi connectivity index (χ4n) is 2.79. The molecule has 0 bridgehead atoms. The lowest BCUT2D eigenvalue weighted by molar-refractivity contribution is -0.137. The molecule has 0 radical (unpaired) electrons. The van der Waals surface area contributed by atoms with Crippen molar-refractivity contribution in [3.63, 3.8) is 0 Å². The fraction of sp³-hybridized carbons (Fsp3) is 0.0909. The number of carbonyl (C=O) groups is 2. The molecule has 0 fully saturated rings. The van der Waals surface area contributed by atoms with Gasteiger partial charge in [0.1, 0.15) is 23.1 Å². The average molecular weight is 485 g/mol. The highest BCUT2D eigenvalue weighted by Gasteiger charge is 2.31. The van der Waals surface area contributed by atoms with Gasteiger partial charge in [0.15, 0.2) is 0 Å². The second-order valence-electron chi connectivity index (χ2n) is 6.73. The Hall–Kier alpha value is -3.66. The summed E-state index contributed by atoms with van der Waals surface area (Å²) in [4.78, 5) is 24.2. The zero-order chi connectivity index (χ0) is 24.3. The van der Waals surface area contributed by atoms with Crippen molar-refractivity contribution in [3.8, 4) is 11.5 Å². The molecular weight excluding hydrogens is 471 g/mol. The third kappa shape index (κ3) is 5.78. The fourth-order valence-corrected chi connectivity index (χ4v) is 3.01. The standard InChI is InChI=1S/C22H14ClF5N2O3/c1-11-3-2-4-15(24)19(11)20(31)30-21(32)29-17-7-6-13(10-16(17)25)33-18-8-5-12(9-14(18)23)22(26,27)28/h2-10H,1H3,(H2,29,30,31,32). The van der Waals surface area contributed by atoms with Gasteiger partial charge in [-0.3, -0.25) is 10.1 Å². The quantitative estimate of drug-likeness (QED) is 0.405. The van der Waals surface area contributed by atoms with E-state index in [1.165, 1.54) is 25.1 Å². The number of halogens is 6. The van der Waals surface area contributed by atoms with Crippen molar-refractivity contribution in [2.75, 3.05) is 5.32 Å². The first kappa shape index (κ1) is 24.0. The molecule has 0 unspecified atom stereocenters. The third-order valence-electron chi connectivity index (χ3n) is 4.35. The Balaban J connectivity index is 1.68. The molecule has 0 spiro atoms. The molecule has 3 aromatic rings. The molecule has 3 rings (SSSR count). The molecule has 0 saturated heterocycles. The minimum absolute atomic E-state index is 0.113. The molecule has 0 aromatic heterocycles. The summed E-state index contributed by atoms with van der Waals surface area (Å²) in [6.45, 7) is 1.48. The van der Waals surface area contributed by atoms with Gasteiger partial charge in [0.2, 0.25) is 0 Å². The number of carbonyl (C=O) groups excluding carboxylic acids is 2. The molecule has 11 heteroatoms. The number of alkyl halides is 3. The van der Waals surface area contributed by atoms with Gasteiger partial charge in [-0.05, 0) is 48.9 Å². The van der Waals surface area contributed by atoms with E-state index in [1.807, 2.05) is 5.32 Å². The molecular formula is C22H14ClF5N2O3. The van der Waals surface area contributed by atoms with Crippen molar-refractivity contribution < 1.29 is 36.3 Å². The summed E-state index contributed by atoms with van der Waals surface area (Å²) in [5.74, 6) is -3.07. The van der Waals surface area contributed by atoms with Crippen LogP contribution in [0.15, 0.2) is 54.6 Å². The van der Waals surface area contributed by atoms with Crippen LogP contribution in [-0.2, 0) is 6.18 Å². The number of nitrogens with one attached hydrogen (secondary N) is 2. The Kier molecular flexibility index (Phi) is 6.87. The molecule has 0 aliphatic carbocycles. The molecule has 3 aromatic carbocycles. The van der Waals surface area contributed by atoms with E-state index in [4.69, 9.17) is 16.3 Å². The van der Waals surface area contributed by atoms with Crippen LogP contribution in [0.1, 0.15) is 21.5 Å². The van der Waals surface area contributed by atoms with Crippen LogP contribution in [0.25, 0.3) is 0 Å². The van der Waals surface area contributed by atoms with E-state index in [-0.39, 0.29) is 27.8 Å². The van der Waals surface area contributed by atoms with E-state index >= 15 is 0 Å². The number of imide groups is 1. The van der Waals surface area contributed by atoms with Gasteiger partial charge in [0, 0.05) is 6.07 Å². The summed E-state index contributed by atoms with van der Waals surface area (Å²) in [7, 11) is 0. The SMILES string of the molecule is Cc1cccc(F)c1C(=O)NC(=O)Nc1ccc(Oc2ccc(C(F)(F)F)cc2Cl)cc1F. The number of urea groups is 1. The summed E-state index contributed by atoms with van der Waals surface area (Å²) in [6.07, 6.45) is -4.59. The van der Waals surface area contributed by atoms with Crippen LogP contribution in [0.5, 0.6) is 11.5 Å². The lowest BCUT2D eigenvalue weighted by Gasteiger charge is -2.13. The highest BCUT2D eigenvalue weighted by molar-refractivity contribution is 6.32. The Morgan fingerprint density at radius 1 is 0.970 bits per heavy atom. The molecule has 0 aliphatic rings. The topological polar surface area (TPSA) is 67.4 Å². The Morgan fingerprint density at radius 3 is 2.30 bits per heavy atom. The lowest BCUT2D eigenvalue weighted by Crippen LogP contribution is -2.35. The monoisotopic (exact) mass is 484 g/mol. The van der Waals surface area contributed by atoms with Crippen LogP contribution in [0.2, 0.25) is 5.02 Å². The second-order valence-corrected chi connectivity index (χ2v) is 7.13. The highest BCUT2D eigenvalue weighted by atomic mass is 35.5. The normalized spacial score (nSPS) is 11.1. The zero-order valence-electron chi connectivity index (χ0n) is 16.7. The Bertz CT molecular complexity index is 1210. The van der Waals surface area contributed by atoms with Gasteiger partial charge in [0.25, 0.3) is 5.91 Å². The number of ether oxygens (including phenoxy) is 1. The second kappa shape index (κ2) is 9.45. The van der Waals surface area contributed by atoms with Crippen LogP contribution in [0.3, 0.4) is 0 Å². The zero-order valence-corrected chi connectivity index (χ0v) is 17.4. The van der Waals surface area contributed by atoms with E-state index < -0.39 is 35.3 Å². The van der Waals surface area contributed by atoms with Crippen LogP contribution < -0.4 is 15.4 Å². The van der Waals surface area contributed by atoms with Crippen molar-refractivity contribution >= 4 is 29.2 Å². The molecule has 172 valence electrons. The molecule has 0 aliphatic heterocycles. The Labute approximate surface area is 189 Å². The van der Waals surface area contributed by atoms with Gasteiger partial charge in [-0.15, -0.1) is 0 Å². The number of anilines is 1. The smallest absolute Gasteiger partial charge is 0.416 e. The number of hydrogen-bond donors (Lipinski definition) is 2. The maximum absolute atomic E-state index is 14.4. The number of benzene rings is 3. The van der Waals surface area contributed by atoms with E-state index in [0.29, 0.717) is 11.6 Å². The minimum atomic E-state index is -4.59. The first-order chi connectivity index (χ1) is 15.5. The molecule has 0 atom stereocenters. The first-order valence-corrected chi connectivity index (χ1v) is 9.55. The maximum atomic E-state index is 14.4. The number of amides is 3. The van der Waals surface area contributed by atoms with Gasteiger partial charge < -0.3 is 10.1 Å². The molecule has 33 heavy (non-hydrogen) atoms. The predicted octanol–water partition coefficient (Wildman–Crippen LogP) is 6.70. The van der Waals surface area contributed by atoms with Gasteiger partial charge >= 0.3 is 12.2 Å². The summed E-state index contributed by atoms with van der Waals surface area (Å²) >= 11 is 5.80. The van der Waals surface area contributed by atoms with Crippen molar-refractivity contribution in [3.05, 3.63) is 87.9 Å². The summed E-state index contributed by atoms with van der Waals surface area (Å²) in [6, 6.07) is 8.41. The number of hydrogen-bond acceptors (Lipinski definition) is 3. The molecule has 0 saturated carbocycles. The maximum Gasteiger partial charge on any atom is 0.416 e.